The van der Waals surface area contributed by atoms with Gasteiger partial charge in [0.15, 0.2) is 5.79 Å². The number of aliphatic hydroxyl groups is 1. The predicted octanol–water partition coefficient (Wildman–Crippen LogP) is 1.99. The summed E-state index contributed by atoms with van der Waals surface area (Å²) in [5.74, 6) is -0.377. The molecule has 2 atom stereocenters. The molecule has 1 spiro atoms. The molecule has 1 aliphatic heterocycles. The van der Waals surface area contributed by atoms with Gasteiger partial charge >= 0.3 is 0 Å². The van der Waals surface area contributed by atoms with E-state index in [4.69, 9.17) is 24.1 Å². The van der Waals surface area contributed by atoms with Crippen LogP contribution in [-0.2, 0) is 18.9 Å². The maximum Gasteiger partial charge on any atom is 0.169 e. The van der Waals surface area contributed by atoms with Crippen molar-refractivity contribution in [1.29, 1.82) is 0 Å². The Morgan fingerprint density at radius 2 is 2.10 bits per heavy atom. The van der Waals surface area contributed by atoms with Crippen LogP contribution in [0.25, 0.3) is 0 Å². The van der Waals surface area contributed by atoms with Crippen molar-refractivity contribution in [2.24, 2.45) is 0 Å². The zero-order valence-corrected chi connectivity index (χ0v) is 12.3. The molecule has 0 radical (unpaired) electrons. The summed E-state index contributed by atoms with van der Waals surface area (Å²) >= 11 is 0. The minimum atomic E-state index is -0.377. The maximum absolute atomic E-state index is 8.81. The van der Waals surface area contributed by atoms with Gasteiger partial charge in [-0.25, -0.2) is 0 Å². The van der Waals surface area contributed by atoms with Gasteiger partial charge < -0.3 is 24.1 Å². The molecule has 116 valence electrons. The Morgan fingerprint density at radius 1 is 1.30 bits per heavy atom. The largest absolute Gasteiger partial charge is 0.392 e. The van der Waals surface area contributed by atoms with E-state index in [2.05, 4.69) is 0 Å². The predicted molar refractivity (Wildman–Crippen MR) is 74.2 cm³/mol. The Labute approximate surface area is 120 Å². The lowest BCUT2D eigenvalue weighted by Gasteiger charge is -2.32. The van der Waals surface area contributed by atoms with Gasteiger partial charge in [-0.15, -0.1) is 0 Å². The van der Waals surface area contributed by atoms with E-state index in [9.17, 15) is 0 Å². The van der Waals surface area contributed by atoms with Crippen molar-refractivity contribution >= 4 is 0 Å². The third-order valence-corrected chi connectivity index (χ3v) is 3.95. The van der Waals surface area contributed by atoms with Crippen LogP contribution in [0.2, 0.25) is 0 Å². The maximum atomic E-state index is 8.81. The van der Waals surface area contributed by atoms with Crippen molar-refractivity contribution in [3.05, 3.63) is 12.2 Å². The first-order valence-electron chi connectivity index (χ1n) is 7.48. The lowest BCUT2D eigenvalue weighted by atomic mass is 9.94. The van der Waals surface area contributed by atoms with Gasteiger partial charge in [-0.3, -0.25) is 0 Å². The fourth-order valence-corrected chi connectivity index (χ4v) is 2.90. The zero-order chi connectivity index (χ0) is 14.3. The van der Waals surface area contributed by atoms with E-state index in [0.717, 1.165) is 12.8 Å². The smallest absolute Gasteiger partial charge is 0.169 e. The second kappa shape index (κ2) is 8.10. The first kappa shape index (κ1) is 15.9. The highest BCUT2D eigenvalue weighted by Crippen LogP contribution is 2.39. The van der Waals surface area contributed by atoms with Crippen molar-refractivity contribution in [3.63, 3.8) is 0 Å². The third-order valence-electron chi connectivity index (χ3n) is 3.95. The molecule has 5 heteroatoms. The summed E-state index contributed by atoms with van der Waals surface area (Å²) in [6.07, 6.45) is 9.72. The summed E-state index contributed by atoms with van der Waals surface area (Å²) in [4.78, 5) is 0. The molecule has 1 aliphatic carbocycles. The van der Waals surface area contributed by atoms with Gasteiger partial charge in [0.05, 0.1) is 19.3 Å². The van der Waals surface area contributed by atoms with Gasteiger partial charge in [-0.2, -0.15) is 0 Å². The molecule has 0 bridgehead atoms. The summed E-state index contributed by atoms with van der Waals surface area (Å²) in [7, 11) is 1.61. The van der Waals surface area contributed by atoms with Crippen LogP contribution in [0, 0.1) is 0 Å². The van der Waals surface area contributed by atoms with Crippen LogP contribution in [0.15, 0.2) is 12.2 Å². The Kier molecular flexibility index (Phi) is 6.45. The van der Waals surface area contributed by atoms with Crippen molar-refractivity contribution in [3.8, 4) is 0 Å². The molecule has 0 aromatic rings. The van der Waals surface area contributed by atoms with Crippen molar-refractivity contribution in [1.82, 2.24) is 0 Å². The SMILES string of the molecule is COCO[C@@H](C/C=C/CO)[C@H]1COC2(CCCCC2)O1. The summed E-state index contributed by atoms with van der Waals surface area (Å²) in [6.45, 7) is 0.856. The number of methoxy groups -OCH3 is 1. The molecular weight excluding hydrogens is 260 g/mol. The molecule has 0 aromatic carbocycles. The van der Waals surface area contributed by atoms with Crippen LogP contribution in [0.5, 0.6) is 0 Å². The number of aliphatic hydroxyl groups excluding tert-OH is 1. The topological polar surface area (TPSA) is 57.2 Å². The quantitative estimate of drug-likeness (QED) is 0.573. The van der Waals surface area contributed by atoms with E-state index in [1.54, 1.807) is 13.2 Å². The van der Waals surface area contributed by atoms with Gasteiger partial charge in [-0.1, -0.05) is 18.6 Å². The third kappa shape index (κ3) is 4.27. The van der Waals surface area contributed by atoms with Crippen LogP contribution in [-0.4, -0.2) is 50.2 Å². The first-order valence-corrected chi connectivity index (χ1v) is 7.48. The van der Waals surface area contributed by atoms with Crippen LogP contribution in [0.4, 0.5) is 0 Å². The van der Waals surface area contributed by atoms with E-state index >= 15 is 0 Å². The molecule has 0 unspecified atom stereocenters. The number of hydrogen-bond acceptors (Lipinski definition) is 5. The van der Waals surface area contributed by atoms with Gasteiger partial charge in [0.1, 0.15) is 12.9 Å². The lowest BCUT2D eigenvalue weighted by Crippen LogP contribution is -2.37. The highest BCUT2D eigenvalue weighted by Gasteiger charge is 2.44. The monoisotopic (exact) mass is 286 g/mol. The van der Waals surface area contributed by atoms with Gasteiger partial charge in [0.2, 0.25) is 0 Å². The number of rotatable bonds is 7. The van der Waals surface area contributed by atoms with E-state index in [1.807, 2.05) is 6.08 Å². The Bertz CT molecular complexity index is 299. The number of hydrogen-bond donors (Lipinski definition) is 1. The molecule has 0 aromatic heterocycles. The molecule has 2 fully saturated rings. The zero-order valence-electron chi connectivity index (χ0n) is 12.3. The Hall–Kier alpha value is -0.460. The van der Waals surface area contributed by atoms with Crippen molar-refractivity contribution in [2.75, 3.05) is 27.1 Å². The van der Waals surface area contributed by atoms with E-state index < -0.39 is 0 Å². The van der Waals surface area contributed by atoms with Crippen LogP contribution in [0.3, 0.4) is 0 Å². The molecule has 20 heavy (non-hydrogen) atoms. The highest BCUT2D eigenvalue weighted by atomic mass is 16.8. The Morgan fingerprint density at radius 3 is 2.80 bits per heavy atom. The molecule has 2 aliphatic rings. The molecule has 2 rings (SSSR count). The summed E-state index contributed by atoms with van der Waals surface area (Å²) in [5.41, 5.74) is 0. The second-order valence-electron chi connectivity index (χ2n) is 5.44. The lowest BCUT2D eigenvalue weighted by molar-refractivity contribution is -0.204. The molecule has 0 amide bonds. The van der Waals surface area contributed by atoms with E-state index in [0.29, 0.717) is 13.0 Å². The molecule has 5 nitrogen and oxygen atoms in total. The average Bonchev–Trinajstić information content (AvgIpc) is 2.87. The minimum Gasteiger partial charge on any atom is -0.392 e. The molecule has 1 saturated heterocycles. The second-order valence-corrected chi connectivity index (χ2v) is 5.44. The summed E-state index contributed by atoms with van der Waals surface area (Å²) < 4.78 is 22.8. The highest BCUT2D eigenvalue weighted by molar-refractivity contribution is 4.91. The number of ether oxygens (including phenoxy) is 4. The molecule has 1 N–H and O–H groups in total. The van der Waals surface area contributed by atoms with Crippen molar-refractivity contribution < 1.29 is 24.1 Å². The van der Waals surface area contributed by atoms with Gasteiger partial charge in [0, 0.05) is 20.0 Å². The normalized spacial score (nSPS) is 27.4. The molecular formula is C15H26O5. The minimum absolute atomic E-state index is 0.0446. The van der Waals surface area contributed by atoms with E-state index in [1.165, 1.54) is 19.3 Å². The van der Waals surface area contributed by atoms with Crippen LogP contribution >= 0.6 is 0 Å². The fourth-order valence-electron chi connectivity index (χ4n) is 2.90. The molecule has 1 saturated carbocycles. The summed E-state index contributed by atoms with van der Waals surface area (Å²) in [6, 6.07) is 0. The first-order chi connectivity index (χ1) is 9.79. The van der Waals surface area contributed by atoms with Gasteiger partial charge in [0.25, 0.3) is 0 Å². The van der Waals surface area contributed by atoms with Gasteiger partial charge in [-0.05, 0) is 19.3 Å². The standard InChI is InChI=1S/C15H26O5/c1-17-12-18-13(7-3-6-10-16)14-11-19-15(20-14)8-4-2-5-9-15/h3,6,13-14,16H,2,4-5,7-12H2,1H3/b6-3+/t13-,14+/m0/s1. The Balaban J connectivity index is 1.89. The molecule has 1 heterocycles. The van der Waals surface area contributed by atoms with Crippen LogP contribution in [0.1, 0.15) is 38.5 Å². The van der Waals surface area contributed by atoms with Crippen molar-refractivity contribution in [2.45, 2.75) is 56.5 Å². The van der Waals surface area contributed by atoms with E-state index in [-0.39, 0.29) is 31.4 Å². The fraction of sp³-hybridized carbons (Fsp3) is 0.867. The summed E-state index contributed by atoms with van der Waals surface area (Å²) in [5, 5.41) is 8.81. The van der Waals surface area contributed by atoms with Crippen LogP contribution < -0.4 is 0 Å². The average molecular weight is 286 g/mol.